The van der Waals surface area contributed by atoms with Gasteiger partial charge >= 0.3 is 6.03 Å². The van der Waals surface area contributed by atoms with Crippen LogP contribution in [0, 0.1) is 17.0 Å². The fourth-order valence-corrected chi connectivity index (χ4v) is 2.48. The number of carbonyl (C=O) groups is 2. The molecule has 1 aromatic carbocycles. The van der Waals surface area contributed by atoms with Crippen molar-refractivity contribution in [1.82, 2.24) is 10.2 Å². The van der Waals surface area contributed by atoms with Gasteiger partial charge in [0.25, 0.3) is 5.69 Å². The van der Waals surface area contributed by atoms with Crippen molar-refractivity contribution < 1.29 is 14.5 Å². The number of nitro groups is 1. The number of likely N-dealkylation sites (tertiary alicyclic amines) is 1. The van der Waals surface area contributed by atoms with E-state index in [1.165, 1.54) is 18.2 Å². The van der Waals surface area contributed by atoms with E-state index in [1.807, 2.05) is 0 Å². The average Bonchev–Trinajstić information content (AvgIpc) is 2.91. The number of nitrogens with zero attached hydrogens (tertiary/aromatic N) is 2. The van der Waals surface area contributed by atoms with Crippen LogP contribution in [0.5, 0.6) is 0 Å². The van der Waals surface area contributed by atoms with Gasteiger partial charge in [-0.2, -0.15) is 0 Å². The predicted molar refractivity (Wildman–Crippen MR) is 85.3 cm³/mol. The maximum atomic E-state index is 11.8. The van der Waals surface area contributed by atoms with Crippen molar-refractivity contribution in [3.63, 3.8) is 0 Å². The van der Waals surface area contributed by atoms with Gasteiger partial charge in [0.2, 0.25) is 5.91 Å². The smallest absolute Gasteiger partial charge is 0.319 e. The Hall–Kier alpha value is -2.64. The molecule has 1 aliphatic heterocycles. The Morgan fingerprint density at radius 1 is 1.43 bits per heavy atom. The minimum atomic E-state index is -0.476. The number of anilines is 1. The van der Waals surface area contributed by atoms with E-state index in [0.29, 0.717) is 37.2 Å². The lowest BCUT2D eigenvalue weighted by Crippen LogP contribution is -2.33. The molecule has 8 nitrogen and oxygen atoms in total. The van der Waals surface area contributed by atoms with Gasteiger partial charge in [0.05, 0.1) is 4.92 Å². The SMILES string of the molecule is Cc1cc([N+](=O)[O-])ccc1NC(=O)NCCCN1CCCC1=O. The highest BCUT2D eigenvalue weighted by Gasteiger charge is 2.19. The first-order chi connectivity index (χ1) is 11.0. The van der Waals surface area contributed by atoms with Gasteiger partial charge in [-0.1, -0.05) is 0 Å². The van der Waals surface area contributed by atoms with Gasteiger partial charge in [0.15, 0.2) is 0 Å². The summed E-state index contributed by atoms with van der Waals surface area (Å²) in [6.45, 7) is 3.60. The maximum Gasteiger partial charge on any atom is 0.319 e. The highest BCUT2D eigenvalue weighted by molar-refractivity contribution is 5.90. The zero-order chi connectivity index (χ0) is 16.8. The number of amides is 3. The van der Waals surface area contributed by atoms with Crippen LogP contribution < -0.4 is 10.6 Å². The van der Waals surface area contributed by atoms with E-state index in [4.69, 9.17) is 0 Å². The number of nitrogens with one attached hydrogen (secondary N) is 2. The number of rotatable bonds is 6. The molecule has 0 radical (unpaired) electrons. The topological polar surface area (TPSA) is 105 Å². The molecule has 0 bridgehead atoms. The Bertz CT molecular complexity index is 617. The minimum absolute atomic E-state index is 0.0104. The third kappa shape index (κ3) is 4.67. The zero-order valence-electron chi connectivity index (χ0n) is 13.0. The second kappa shape index (κ2) is 7.57. The largest absolute Gasteiger partial charge is 0.343 e. The summed E-state index contributed by atoms with van der Waals surface area (Å²) in [6, 6.07) is 3.90. The Morgan fingerprint density at radius 2 is 2.22 bits per heavy atom. The molecular formula is C15H20N4O4. The third-order valence-corrected chi connectivity index (χ3v) is 3.73. The van der Waals surface area contributed by atoms with Crippen LogP contribution in [0.3, 0.4) is 0 Å². The quantitative estimate of drug-likeness (QED) is 0.475. The summed E-state index contributed by atoms with van der Waals surface area (Å²) in [7, 11) is 0. The van der Waals surface area contributed by atoms with E-state index >= 15 is 0 Å². The standard InChI is InChI=1S/C15H20N4O4/c1-11-10-12(19(22)23)5-6-13(11)17-15(21)16-7-3-9-18-8-2-4-14(18)20/h5-6,10H,2-4,7-9H2,1H3,(H2,16,17,21). The maximum absolute atomic E-state index is 11.8. The molecule has 0 saturated carbocycles. The van der Waals surface area contributed by atoms with E-state index in [2.05, 4.69) is 10.6 Å². The first-order valence-corrected chi connectivity index (χ1v) is 7.55. The molecule has 0 aliphatic carbocycles. The number of hydrogen-bond donors (Lipinski definition) is 2. The Kier molecular flexibility index (Phi) is 5.51. The number of benzene rings is 1. The zero-order valence-corrected chi connectivity index (χ0v) is 13.0. The minimum Gasteiger partial charge on any atom is -0.343 e. The summed E-state index contributed by atoms with van der Waals surface area (Å²) >= 11 is 0. The number of non-ortho nitro benzene ring substituents is 1. The molecule has 2 rings (SSSR count). The molecule has 0 unspecified atom stereocenters. The molecule has 1 heterocycles. The lowest BCUT2D eigenvalue weighted by Gasteiger charge is -2.15. The summed E-state index contributed by atoms with van der Waals surface area (Å²) in [6.07, 6.45) is 2.22. The molecule has 2 N–H and O–H groups in total. The fourth-order valence-electron chi connectivity index (χ4n) is 2.48. The number of urea groups is 1. The Labute approximate surface area is 134 Å². The van der Waals surface area contributed by atoms with E-state index in [1.54, 1.807) is 11.8 Å². The van der Waals surface area contributed by atoms with Crippen LogP contribution in [0.4, 0.5) is 16.2 Å². The Balaban J connectivity index is 1.74. The summed E-state index contributed by atoms with van der Waals surface area (Å²) in [5, 5.41) is 16.0. The van der Waals surface area contributed by atoms with Crippen molar-refractivity contribution in [2.24, 2.45) is 0 Å². The fraction of sp³-hybridized carbons (Fsp3) is 0.467. The van der Waals surface area contributed by atoms with E-state index in [9.17, 15) is 19.7 Å². The van der Waals surface area contributed by atoms with Crippen LogP contribution in [0.15, 0.2) is 18.2 Å². The first kappa shape index (κ1) is 16.7. The van der Waals surface area contributed by atoms with Crippen LogP contribution in [0.1, 0.15) is 24.8 Å². The van der Waals surface area contributed by atoms with Crippen LogP contribution in [-0.4, -0.2) is 41.4 Å². The molecule has 1 saturated heterocycles. The molecule has 124 valence electrons. The third-order valence-electron chi connectivity index (χ3n) is 3.73. The van der Waals surface area contributed by atoms with E-state index in [-0.39, 0.29) is 17.6 Å². The summed E-state index contributed by atoms with van der Waals surface area (Å²) in [4.78, 5) is 35.2. The van der Waals surface area contributed by atoms with Crippen molar-refractivity contribution in [2.75, 3.05) is 25.0 Å². The normalized spacial score (nSPS) is 14.0. The highest BCUT2D eigenvalue weighted by atomic mass is 16.6. The molecule has 0 atom stereocenters. The van der Waals surface area contributed by atoms with E-state index < -0.39 is 4.92 Å². The second-order valence-electron chi connectivity index (χ2n) is 5.48. The molecule has 8 heteroatoms. The van der Waals surface area contributed by atoms with Gasteiger partial charge in [-0.25, -0.2) is 4.79 Å². The lowest BCUT2D eigenvalue weighted by atomic mass is 10.2. The molecule has 23 heavy (non-hydrogen) atoms. The lowest BCUT2D eigenvalue weighted by molar-refractivity contribution is -0.384. The van der Waals surface area contributed by atoms with Crippen molar-refractivity contribution in [3.8, 4) is 0 Å². The van der Waals surface area contributed by atoms with Gasteiger partial charge in [0, 0.05) is 43.9 Å². The Morgan fingerprint density at radius 3 is 2.83 bits per heavy atom. The predicted octanol–water partition coefficient (Wildman–Crippen LogP) is 2.04. The van der Waals surface area contributed by atoms with Gasteiger partial charge in [-0.15, -0.1) is 0 Å². The van der Waals surface area contributed by atoms with Crippen LogP contribution >= 0.6 is 0 Å². The number of carbonyl (C=O) groups excluding carboxylic acids is 2. The second-order valence-corrected chi connectivity index (χ2v) is 5.48. The molecular weight excluding hydrogens is 300 g/mol. The van der Waals surface area contributed by atoms with Crippen LogP contribution in [0.2, 0.25) is 0 Å². The highest BCUT2D eigenvalue weighted by Crippen LogP contribution is 2.20. The van der Waals surface area contributed by atoms with Gasteiger partial charge in [0.1, 0.15) is 0 Å². The van der Waals surface area contributed by atoms with Crippen molar-refractivity contribution in [1.29, 1.82) is 0 Å². The van der Waals surface area contributed by atoms with E-state index in [0.717, 1.165) is 13.0 Å². The van der Waals surface area contributed by atoms with Crippen molar-refractivity contribution >= 4 is 23.3 Å². The molecule has 0 aromatic heterocycles. The summed E-state index contributed by atoms with van der Waals surface area (Å²) < 4.78 is 0. The monoisotopic (exact) mass is 320 g/mol. The molecule has 1 aromatic rings. The van der Waals surface area contributed by atoms with Crippen LogP contribution in [-0.2, 0) is 4.79 Å². The average molecular weight is 320 g/mol. The number of aryl methyl sites for hydroxylation is 1. The van der Waals surface area contributed by atoms with Crippen LogP contribution in [0.25, 0.3) is 0 Å². The summed E-state index contributed by atoms with van der Waals surface area (Å²) in [5.74, 6) is 0.177. The molecule has 3 amide bonds. The summed E-state index contributed by atoms with van der Waals surface area (Å²) in [5.41, 5.74) is 1.14. The first-order valence-electron chi connectivity index (χ1n) is 7.55. The van der Waals surface area contributed by atoms with Gasteiger partial charge in [-0.05, 0) is 31.4 Å². The number of hydrogen-bond acceptors (Lipinski definition) is 4. The number of nitro benzene ring substituents is 1. The van der Waals surface area contributed by atoms with Crippen molar-refractivity contribution in [2.45, 2.75) is 26.2 Å². The van der Waals surface area contributed by atoms with Crippen molar-refractivity contribution in [3.05, 3.63) is 33.9 Å². The molecule has 1 aliphatic rings. The molecule has 1 fully saturated rings. The van der Waals surface area contributed by atoms with Gasteiger partial charge < -0.3 is 15.5 Å². The van der Waals surface area contributed by atoms with Gasteiger partial charge in [-0.3, -0.25) is 14.9 Å². The molecule has 0 spiro atoms.